The Bertz CT molecular complexity index is 713. The molecule has 1 saturated heterocycles. The zero-order valence-corrected chi connectivity index (χ0v) is 17.2. The summed E-state index contributed by atoms with van der Waals surface area (Å²) in [6.45, 7) is 4.11. The lowest BCUT2D eigenvalue weighted by atomic mass is 9.96. The van der Waals surface area contributed by atoms with Crippen LogP contribution in [-0.4, -0.2) is 67.0 Å². The molecule has 1 fully saturated rings. The van der Waals surface area contributed by atoms with Crippen LogP contribution in [0.4, 0.5) is 0 Å². The van der Waals surface area contributed by atoms with E-state index in [4.69, 9.17) is 30.1 Å². The average Bonchev–Trinajstić information content (AvgIpc) is 2.62. The second-order valence-electron chi connectivity index (χ2n) is 6.40. The van der Waals surface area contributed by atoms with Crippen molar-refractivity contribution in [2.24, 2.45) is 0 Å². The van der Waals surface area contributed by atoms with Gasteiger partial charge in [0.2, 0.25) is 12.2 Å². The number of rotatable bonds is 8. The van der Waals surface area contributed by atoms with Crippen LogP contribution < -0.4 is 5.32 Å². The van der Waals surface area contributed by atoms with Gasteiger partial charge in [0, 0.05) is 40.5 Å². The monoisotopic (exact) mass is 427 g/mol. The van der Waals surface area contributed by atoms with Crippen molar-refractivity contribution in [3.8, 4) is 12.3 Å². The van der Waals surface area contributed by atoms with Gasteiger partial charge in [-0.25, -0.2) is 0 Å². The summed E-state index contributed by atoms with van der Waals surface area (Å²) >= 11 is 0. The summed E-state index contributed by atoms with van der Waals surface area (Å²) in [4.78, 5) is 58.4. The predicted octanol–water partition coefficient (Wildman–Crippen LogP) is -0.401. The van der Waals surface area contributed by atoms with E-state index in [1.807, 2.05) is 0 Å². The van der Waals surface area contributed by atoms with Gasteiger partial charge in [-0.05, 0) is 0 Å². The van der Waals surface area contributed by atoms with E-state index in [2.05, 4.69) is 11.2 Å². The van der Waals surface area contributed by atoms with Crippen molar-refractivity contribution < 1.29 is 47.7 Å². The summed E-state index contributed by atoms with van der Waals surface area (Å²) in [7, 11) is 0. The van der Waals surface area contributed by atoms with Crippen LogP contribution in [0.2, 0.25) is 0 Å². The molecule has 0 aromatic heterocycles. The number of hydrogen-bond acceptors (Lipinski definition) is 10. The molecule has 0 aliphatic carbocycles. The highest BCUT2D eigenvalue weighted by Crippen LogP contribution is 2.28. The molecule has 0 bridgehead atoms. The van der Waals surface area contributed by atoms with Gasteiger partial charge in [-0.1, -0.05) is 0 Å². The van der Waals surface area contributed by atoms with Crippen LogP contribution in [0.3, 0.4) is 0 Å². The number of esters is 4. The first-order chi connectivity index (χ1) is 14.0. The molecule has 1 N–H and O–H groups in total. The molecule has 0 aromatic rings. The second-order valence-corrected chi connectivity index (χ2v) is 6.40. The smallest absolute Gasteiger partial charge is 0.305 e. The fourth-order valence-electron chi connectivity index (χ4n) is 2.76. The summed E-state index contributed by atoms with van der Waals surface area (Å²) in [5.74, 6) is -1.10. The zero-order chi connectivity index (χ0) is 22.8. The second kappa shape index (κ2) is 11.8. The lowest BCUT2D eigenvalue weighted by Gasteiger charge is -2.44. The van der Waals surface area contributed by atoms with E-state index in [1.165, 1.54) is 0 Å². The molecule has 1 aliphatic heterocycles. The quantitative estimate of drug-likeness (QED) is 0.309. The molecule has 5 atom stereocenters. The Morgan fingerprint density at radius 2 is 1.47 bits per heavy atom. The fourth-order valence-corrected chi connectivity index (χ4v) is 2.76. The minimum atomic E-state index is -1.42. The van der Waals surface area contributed by atoms with Crippen molar-refractivity contribution in [2.45, 2.75) is 71.2 Å². The van der Waals surface area contributed by atoms with E-state index in [1.54, 1.807) is 0 Å². The van der Waals surface area contributed by atoms with E-state index < -0.39 is 60.4 Å². The van der Waals surface area contributed by atoms with Gasteiger partial charge in [0.15, 0.2) is 12.2 Å². The lowest BCUT2D eigenvalue weighted by molar-refractivity contribution is -0.271. The van der Waals surface area contributed by atoms with E-state index >= 15 is 0 Å². The van der Waals surface area contributed by atoms with Crippen molar-refractivity contribution in [3.63, 3.8) is 0 Å². The van der Waals surface area contributed by atoms with Crippen molar-refractivity contribution in [1.29, 1.82) is 0 Å². The Kier molecular flexibility index (Phi) is 9.77. The van der Waals surface area contributed by atoms with Crippen LogP contribution in [0.15, 0.2) is 0 Å². The zero-order valence-electron chi connectivity index (χ0n) is 17.2. The maximum absolute atomic E-state index is 12.2. The first kappa shape index (κ1) is 24.9. The molecule has 1 amide bonds. The molecule has 166 valence electrons. The minimum Gasteiger partial charge on any atom is -0.463 e. The summed E-state index contributed by atoms with van der Waals surface area (Å²) in [5.41, 5.74) is 0. The molecule has 0 saturated carbocycles. The van der Waals surface area contributed by atoms with E-state index in [9.17, 15) is 24.0 Å². The van der Waals surface area contributed by atoms with Gasteiger partial charge >= 0.3 is 23.9 Å². The maximum Gasteiger partial charge on any atom is 0.305 e. The molecule has 0 spiro atoms. The summed E-state index contributed by atoms with van der Waals surface area (Å²) < 4.78 is 26.2. The fraction of sp³-hybridized carbons (Fsp3) is 0.632. The third kappa shape index (κ3) is 8.08. The maximum atomic E-state index is 12.2. The molecular formula is C19H25NO10. The van der Waals surface area contributed by atoms with Crippen molar-refractivity contribution in [3.05, 3.63) is 0 Å². The van der Waals surface area contributed by atoms with Gasteiger partial charge in [0.05, 0.1) is 0 Å². The van der Waals surface area contributed by atoms with Crippen molar-refractivity contribution >= 4 is 29.8 Å². The first-order valence-electron chi connectivity index (χ1n) is 9.08. The van der Waals surface area contributed by atoms with Crippen molar-refractivity contribution in [1.82, 2.24) is 5.32 Å². The standard InChI is InChI=1S/C19H25NO10/c1-6-7-8-15(25)20-16-18(28-12(4)23)17(27-11(3)22)14(9-26-10(2)21)30-19(16)29-13(5)24/h1,14,16-19H,7-9H2,2-5H3,(H,20,25). The first-order valence-corrected chi connectivity index (χ1v) is 9.08. The Labute approximate surface area is 173 Å². The number of amides is 1. The number of terminal acetylenes is 1. The Hall–Kier alpha value is -3.13. The molecule has 30 heavy (non-hydrogen) atoms. The third-order valence-electron chi connectivity index (χ3n) is 3.81. The summed E-state index contributed by atoms with van der Waals surface area (Å²) in [6, 6.07) is -1.22. The van der Waals surface area contributed by atoms with Gasteiger partial charge in [-0.2, -0.15) is 0 Å². The van der Waals surface area contributed by atoms with E-state index in [0.717, 1.165) is 27.7 Å². The molecular weight excluding hydrogens is 402 g/mol. The van der Waals surface area contributed by atoms with Crippen LogP contribution in [0.25, 0.3) is 0 Å². The number of carbonyl (C=O) groups excluding carboxylic acids is 5. The van der Waals surface area contributed by atoms with Gasteiger partial charge in [-0.15, -0.1) is 12.3 Å². The third-order valence-corrected chi connectivity index (χ3v) is 3.81. The van der Waals surface area contributed by atoms with Crippen LogP contribution in [0.1, 0.15) is 40.5 Å². The highest BCUT2D eigenvalue weighted by Gasteiger charge is 2.52. The molecule has 0 aromatic carbocycles. The summed E-state index contributed by atoms with van der Waals surface area (Å²) in [6.07, 6.45) is 0.0964. The Morgan fingerprint density at radius 3 is 1.97 bits per heavy atom. The SMILES string of the molecule is C#CCCC(=O)NC1C(OC(C)=O)OC(COC(C)=O)C(OC(C)=O)C1OC(C)=O. The number of hydrogen-bond donors (Lipinski definition) is 1. The van der Waals surface area contributed by atoms with Gasteiger partial charge in [0.25, 0.3) is 0 Å². The van der Waals surface area contributed by atoms with Crippen LogP contribution in [-0.2, 0) is 47.7 Å². The van der Waals surface area contributed by atoms with Gasteiger partial charge in [0.1, 0.15) is 18.8 Å². The van der Waals surface area contributed by atoms with Crippen molar-refractivity contribution in [2.75, 3.05) is 6.61 Å². The number of carbonyl (C=O) groups is 5. The highest BCUT2D eigenvalue weighted by atomic mass is 16.7. The Balaban J connectivity index is 3.30. The molecule has 1 rings (SSSR count). The number of nitrogens with one attached hydrogen (secondary N) is 1. The van der Waals surface area contributed by atoms with Crippen LogP contribution in [0, 0.1) is 12.3 Å². The molecule has 1 heterocycles. The topological polar surface area (TPSA) is 144 Å². The molecule has 1 aliphatic rings. The normalized spacial score (nSPS) is 25.2. The van der Waals surface area contributed by atoms with Gasteiger partial charge in [-0.3, -0.25) is 24.0 Å². The van der Waals surface area contributed by atoms with Crippen LogP contribution >= 0.6 is 0 Å². The molecule has 11 nitrogen and oxygen atoms in total. The highest BCUT2D eigenvalue weighted by molar-refractivity contribution is 5.77. The average molecular weight is 427 g/mol. The van der Waals surface area contributed by atoms with Gasteiger partial charge < -0.3 is 29.0 Å². The molecule has 5 unspecified atom stereocenters. The largest absolute Gasteiger partial charge is 0.463 e. The van der Waals surface area contributed by atoms with Crippen LogP contribution in [0.5, 0.6) is 0 Å². The molecule has 0 radical (unpaired) electrons. The minimum absolute atomic E-state index is 0.0539. The van der Waals surface area contributed by atoms with E-state index in [-0.39, 0.29) is 19.4 Å². The lowest BCUT2D eigenvalue weighted by Crippen LogP contribution is -2.67. The Morgan fingerprint density at radius 1 is 0.900 bits per heavy atom. The number of ether oxygens (including phenoxy) is 5. The summed E-state index contributed by atoms with van der Waals surface area (Å²) in [5, 5.41) is 2.54. The predicted molar refractivity (Wildman–Crippen MR) is 98.2 cm³/mol. The molecule has 11 heteroatoms. The van der Waals surface area contributed by atoms with E-state index in [0.29, 0.717) is 0 Å².